The Kier molecular flexibility index (Phi) is 10.1. The molecule has 3 aromatic rings. The summed E-state index contributed by atoms with van der Waals surface area (Å²) in [4.78, 5) is 29.1. The number of benzene rings is 3. The average Bonchev–Trinajstić information content (AvgIpc) is 2.87. The fraction of sp³-hybridized carbons (Fsp3) is 0.375. The normalized spacial score (nSPS) is 12.2. The first-order valence-electron chi connectivity index (χ1n) is 13.7. The third kappa shape index (κ3) is 7.50. The number of nitrogens with one attached hydrogen (secondary N) is 1. The van der Waals surface area contributed by atoms with Gasteiger partial charge in [0, 0.05) is 12.6 Å². The molecule has 3 aromatic carbocycles. The number of aryl methyl sites for hydroxylation is 4. The Hall–Kier alpha value is -3.65. The van der Waals surface area contributed by atoms with Crippen molar-refractivity contribution in [3.05, 3.63) is 94.5 Å². The van der Waals surface area contributed by atoms with Crippen molar-refractivity contribution in [2.75, 3.05) is 10.8 Å². The molecule has 1 N–H and O–H groups in total. The van der Waals surface area contributed by atoms with Crippen LogP contribution in [0.3, 0.4) is 0 Å². The van der Waals surface area contributed by atoms with E-state index in [1.807, 2.05) is 78.8 Å². The van der Waals surface area contributed by atoms with Crippen LogP contribution in [0.2, 0.25) is 0 Å². The summed E-state index contributed by atoms with van der Waals surface area (Å²) in [5.74, 6) is -0.720. The molecule has 0 heterocycles. The number of carbonyl (C=O) groups excluding carboxylic acids is 2. The van der Waals surface area contributed by atoms with Crippen LogP contribution in [0.1, 0.15) is 55.0 Å². The summed E-state index contributed by atoms with van der Waals surface area (Å²) >= 11 is 0. The minimum Gasteiger partial charge on any atom is -0.352 e. The number of nitrogens with zero attached hydrogens (tertiary/aromatic N) is 2. The molecule has 0 bridgehead atoms. The van der Waals surface area contributed by atoms with Crippen LogP contribution in [0.4, 0.5) is 5.69 Å². The molecule has 0 aliphatic heterocycles. The van der Waals surface area contributed by atoms with Crippen LogP contribution in [-0.2, 0) is 26.2 Å². The second kappa shape index (κ2) is 13.1. The molecule has 1 atom stereocenters. The monoisotopic (exact) mass is 563 g/mol. The third-order valence-electron chi connectivity index (χ3n) is 6.80. The van der Waals surface area contributed by atoms with Gasteiger partial charge in [-0.3, -0.25) is 13.9 Å². The lowest BCUT2D eigenvalue weighted by molar-refractivity contribution is -0.140. The zero-order valence-electron chi connectivity index (χ0n) is 24.6. The molecule has 0 saturated heterocycles. The number of amides is 2. The molecule has 0 radical (unpaired) electrons. The molecule has 7 nitrogen and oxygen atoms in total. The van der Waals surface area contributed by atoms with E-state index < -0.39 is 28.5 Å². The largest absolute Gasteiger partial charge is 0.352 e. The maximum absolute atomic E-state index is 14.2. The molecular formula is C32H41N3O4S. The van der Waals surface area contributed by atoms with Crippen molar-refractivity contribution in [2.45, 2.75) is 78.4 Å². The second-order valence-corrected chi connectivity index (χ2v) is 12.6. The highest BCUT2D eigenvalue weighted by molar-refractivity contribution is 7.92. The molecule has 40 heavy (non-hydrogen) atoms. The van der Waals surface area contributed by atoms with Crippen LogP contribution >= 0.6 is 0 Å². The van der Waals surface area contributed by atoms with Gasteiger partial charge < -0.3 is 10.2 Å². The van der Waals surface area contributed by atoms with Gasteiger partial charge >= 0.3 is 0 Å². The van der Waals surface area contributed by atoms with Crippen LogP contribution < -0.4 is 9.62 Å². The Balaban J connectivity index is 2.11. The zero-order chi connectivity index (χ0) is 29.6. The fourth-order valence-electron chi connectivity index (χ4n) is 4.73. The predicted molar refractivity (Wildman–Crippen MR) is 161 cm³/mol. The molecule has 0 aliphatic rings. The van der Waals surface area contributed by atoms with Crippen molar-refractivity contribution in [2.24, 2.45) is 0 Å². The number of anilines is 1. The van der Waals surface area contributed by atoms with Gasteiger partial charge in [-0.15, -0.1) is 0 Å². The summed E-state index contributed by atoms with van der Waals surface area (Å²) in [6.45, 7) is 13.0. The third-order valence-corrected chi connectivity index (χ3v) is 8.59. The number of rotatable bonds is 11. The zero-order valence-corrected chi connectivity index (χ0v) is 25.4. The summed E-state index contributed by atoms with van der Waals surface area (Å²) in [5.41, 5.74) is 4.97. The lowest BCUT2D eigenvalue weighted by Gasteiger charge is -2.34. The van der Waals surface area contributed by atoms with E-state index in [1.165, 1.54) is 4.90 Å². The van der Waals surface area contributed by atoms with Gasteiger partial charge in [-0.05, 0) is 94.5 Å². The second-order valence-electron chi connectivity index (χ2n) is 10.7. The summed E-state index contributed by atoms with van der Waals surface area (Å²) < 4.78 is 29.2. The molecule has 0 saturated carbocycles. The Morgan fingerprint density at radius 2 is 1.45 bits per heavy atom. The molecular weight excluding hydrogens is 522 g/mol. The molecule has 2 amide bonds. The molecule has 3 rings (SSSR count). The van der Waals surface area contributed by atoms with E-state index in [0.29, 0.717) is 12.1 Å². The highest BCUT2D eigenvalue weighted by Crippen LogP contribution is 2.27. The van der Waals surface area contributed by atoms with Crippen molar-refractivity contribution in [3.63, 3.8) is 0 Å². The minimum absolute atomic E-state index is 0.0973. The van der Waals surface area contributed by atoms with Crippen molar-refractivity contribution in [1.29, 1.82) is 0 Å². The topological polar surface area (TPSA) is 86.8 Å². The maximum Gasteiger partial charge on any atom is 0.264 e. The predicted octanol–water partition coefficient (Wildman–Crippen LogP) is 5.45. The molecule has 0 spiro atoms. The van der Waals surface area contributed by atoms with Crippen molar-refractivity contribution >= 4 is 27.5 Å². The van der Waals surface area contributed by atoms with Gasteiger partial charge in [0.15, 0.2) is 0 Å². The highest BCUT2D eigenvalue weighted by Gasteiger charge is 2.34. The van der Waals surface area contributed by atoms with E-state index in [2.05, 4.69) is 5.32 Å². The van der Waals surface area contributed by atoms with Gasteiger partial charge in [-0.1, -0.05) is 55.0 Å². The Morgan fingerprint density at radius 1 is 0.850 bits per heavy atom. The van der Waals surface area contributed by atoms with Crippen LogP contribution in [-0.4, -0.2) is 43.8 Å². The van der Waals surface area contributed by atoms with Crippen molar-refractivity contribution in [1.82, 2.24) is 10.2 Å². The first kappa shape index (κ1) is 30.9. The molecule has 0 aromatic heterocycles. The van der Waals surface area contributed by atoms with E-state index in [4.69, 9.17) is 0 Å². The fourth-order valence-corrected chi connectivity index (χ4v) is 6.13. The van der Waals surface area contributed by atoms with Crippen LogP contribution in [0.5, 0.6) is 0 Å². The van der Waals surface area contributed by atoms with Crippen LogP contribution in [0.15, 0.2) is 71.6 Å². The molecule has 214 valence electrons. The minimum atomic E-state index is -4.10. The van der Waals surface area contributed by atoms with Crippen molar-refractivity contribution < 1.29 is 18.0 Å². The Morgan fingerprint density at radius 3 is 2.00 bits per heavy atom. The van der Waals surface area contributed by atoms with E-state index in [9.17, 15) is 18.0 Å². The average molecular weight is 564 g/mol. The van der Waals surface area contributed by atoms with Gasteiger partial charge in [0.1, 0.15) is 12.6 Å². The number of hydrogen-bond acceptors (Lipinski definition) is 4. The summed E-state index contributed by atoms with van der Waals surface area (Å²) in [7, 11) is -4.10. The Bertz CT molecular complexity index is 1430. The van der Waals surface area contributed by atoms with Gasteiger partial charge in [-0.2, -0.15) is 0 Å². The summed E-state index contributed by atoms with van der Waals surface area (Å²) in [5, 5.41) is 2.93. The number of hydrogen-bond donors (Lipinski definition) is 1. The first-order chi connectivity index (χ1) is 18.8. The summed E-state index contributed by atoms with van der Waals surface area (Å²) in [6.07, 6.45) is 0.379. The molecule has 0 fully saturated rings. The lowest BCUT2D eigenvalue weighted by atomic mass is 10.1. The number of carbonyl (C=O) groups is 2. The molecule has 0 unspecified atom stereocenters. The van der Waals surface area contributed by atoms with Crippen molar-refractivity contribution in [3.8, 4) is 0 Å². The number of sulfonamides is 1. The lowest BCUT2D eigenvalue weighted by Crippen LogP contribution is -2.53. The van der Waals surface area contributed by atoms with E-state index in [0.717, 1.165) is 32.1 Å². The summed E-state index contributed by atoms with van der Waals surface area (Å²) in [6, 6.07) is 18.9. The Labute approximate surface area is 239 Å². The van der Waals surface area contributed by atoms with E-state index >= 15 is 0 Å². The van der Waals surface area contributed by atoms with Gasteiger partial charge in [-0.25, -0.2) is 8.42 Å². The quantitative estimate of drug-likeness (QED) is 0.336. The highest BCUT2D eigenvalue weighted by atomic mass is 32.2. The first-order valence-corrected chi connectivity index (χ1v) is 15.1. The van der Waals surface area contributed by atoms with Gasteiger partial charge in [0.2, 0.25) is 11.8 Å². The standard InChI is InChI=1S/C32H41N3O4S/c1-8-30(32(37)33-22(2)3)34(20-27-12-10-9-11-26(27)7)31(36)21-35(28-18-24(5)17-25(6)19-28)40(38,39)29-15-13-23(4)14-16-29/h9-19,22,30H,8,20-21H2,1-7H3,(H,33,37)/t30-/m0/s1. The van der Waals surface area contributed by atoms with Crippen LogP contribution in [0.25, 0.3) is 0 Å². The smallest absolute Gasteiger partial charge is 0.264 e. The van der Waals surface area contributed by atoms with Crippen LogP contribution in [0, 0.1) is 27.7 Å². The van der Waals surface area contributed by atoms with Gasteiger partial charge in [0.25, 0.3) is 10.0 Å². The molecule has 8 heteroatoms. The van der Waals surface area contributed by atoms with E-state index in [-0.39, 0.29) is 23.4 Å². The van der Waals surface area contributed by atoms with E-state index in [1.54, 1.807) is 36.4 Å². The van der Waals surface area contributed by atoms with Gasteiger partial charge in [0.05, 0.1) is 10.6 Å². The SMILES string of the molecule is CC[C@@H](C(=O)NC(C)C)N(Cc1ccccc1C)C(=O)CN(c1cc(C)cc(C)c1)S(=O)(=O)c1ccc(C)cc1. The molecule has 0 aliphatic carbocycles. The maximum atomic E-state index is 14.2.